The molecule has 12 heteroatoms. The second-order valence-electron chi connectivity index (χ2n) is 13.6. The minimum absolute atomic E-state index is 0.00589. The second-order valence-corrected chi connectivity index (χ2v) is 13.6. The molecule has 2 aliphatic rings. The smallest absolute Gasteiger partial charge is 0.248 e. The Hall–Kier alpha value is -4.42. The monoisotopic (exact) mass is 633 g/mol. The fourth-order valence-corrected chi connectivity index (χ4v) is 5.98. The predicted octanol–water partition coefficient (Wildman–Crippen LogP) is 1.13. The second kappa shape index (κ2) is 13.9. The maximum atomic E-state index is 14.1. The van der Waals surface area contributed by atoms with Crippen molar-refractivity contribution >= 4 is 23.6 Å². The highest BCUT2D eigenvalue weighted by atomic mass is 16.3. The van der Waals surface area contributed by atoms with Crippen molar-refractivity contribution in [3.8, 4) is 11.1 Å². The molecule has 2 aromatic rings. The molecule has 12 nitrogen and oxygen atoms in total. The van der Waals surface area contributed by atoms with Crippen molar-refractivity contribution < 1.29 is 24.3 Å². The van der Waals surface area contributed by atoms with Gasteiger partial charge in [-0.15, -0.1) is 0 Å². The van der Waals surface area contributed by atoms with Gasteiger partial charge in [-0.1, -0.05) is 75.4 Å². The van der Waals surface area contributed by atoms with E-state index in [-0.39, 0.29) is 25.3 Å². The summed E-state index contributed by atoms with van der Waals surface area (Å²) in [7, 11) is 0. The molecule has 0 aromatic heterocycles. The molecule has 0 radical (unpaired) electrons. The van der Waals surface area contributed by atoms with Gasteiger partial charge in [-0.3, -0.25) is 19.2 Å². The van der Waals surface area contributed by atoms with E-state index in [0.717, 1.165) is 29.5 Å². The third-order valence-corrected chi connectivity index (χ3v) is 8.81. The lowest BCUT2D eigenvalue weighted by Gasteiger charge is -2.39. The zero-order chi connectivity index (χ0) is 33.8. The number of amides is 4. The Morgan fingerprint density at radius 2 is 1.65 bits per heavy atom. The number of β-amino-alcohol motifs (C(OH)–C–C–N with tert-alkyl or cyclic N) is 1. The van der Waals surface area contributed by atoms with Crippen LogP contribution in [0.2, 0.25) is 0 Å². The van der Waals surface area contributed by atoms with Gasteiger partial charge in [-0.25, -0.2) is 5.84 Å². The molecule has 0 bridgehead atoms. The molecule has 248 valence electrons. The van der Waals surface area contributed by atoms with Crippen molar-refractivity contribution in [1.29, 1.82) is 0 Å². The lowest BCUT2D eigenvalue weighted by Crippen LogP contribution is -2.59. The summed E-state index contributed by atoms with van der Waals surface area (Å²) in [4.78, 5) is 52.9. The average molecular weight is 634 g/mol. The molecule has 1 aliphatic heterocycles. The number of carbonyl (C=O) groups excluding carboxylic acids is 4. The number of aliphatic hydroxyl groups excluding tert-OH is 1. The van der Waals surface area contributed by atoms with Gasteiger partial charge in [0.25, 0.3) is 0 Å². The number of nitrogens with two attached hydrogens (primary N) is 3. The maximum absolute atomic E-state index is 14.1. The number of hydrazine groups is 1. The SMILES string of the molecule is CC(=O)NCC1(/C(N)=C/N(N)C(C(=O)N2C[C@H](O)C[C@H]2C(=O)N[C@H](Cc2ccc(-c3ccccc3)cc2)C(N)=O)C(C)(C)C)CC1. The number of aliphatic hydroxyl groups is 1. The average Bonchev–Trinajstić information content (AvgIpc) is 3.69. The third kappa shape index (κ3) is 8.24. The number of benzene rings is 2. The molecule has 1 heterocycles. The summed E-state index contributed by atoms with van der Waals surface area (Å²) in [6.45, 7) is 7.26. The summed E-state index contributed by atoms with van der Waals surface area (Å²) < 4.78 is 0. The molecular weight excluding hydrogens is 586 g/mol. The molecule has 4 atom stereocenters. The van der Waals surface area contributed by atoms with Gasteiger partial charge >= 0.3 is 0 Å². The number of carbonyl (C=O) groups is 4. The van der Waals surface area contributed by atoms with Crippen LogP contribution in [0.4, 0.5) is 0 Å². The number of primary amides is 1. The fourth-order valence-electron chi connectivity index (χ4n) is 5.98. The molecule has 4 amide bonds. The molecular formula is C34H47N7O5. The largest absolute Gasteiger partial charge is 0.400 e. The van der Waals surface area contributed by atoms with Crippen LogP contribution >= 0.6 is 0 Å². The van der Waals surface area contributed by atoms with Crippen molar-refractivity contribution in [3.05, 3.63) is 72.1 Å². The summed E-state index contributed by atoms with van der Waals surface area (Å²) in [5.41, 5.74) is 14.3. The number of rotatable bonds is 12. The molecule has 46 heavy (non-hydrogen) atoms. The fraction of sp³-hybridized carbons (Fsp3) is 0.471. The molecule has 0 spiro atoms. The Morgan fingerprint density at radius 1 is 1.04 bits per heavy atom. The van der Waals surface area contributed by atoms with E-state index < -0.39 is 52.8 Å². The zero-order valence-electron chi connectivity index (χ0n) is 27.0. The highest BCUT2D eigenvalue weighted by Gasteiger charge is 2.48. The van der Waals surface area contributed by atoms with Crippen LogP contribution in [0, 0.1) is 10.8 Å². The Balaban J connectivity index is 1.48. The van der Waals surface area contributed by atoms with Crippen LogP contribution < -0.4 is 27.9 Å². The Bertz CT molecular complexity index is 1450. The molecule has 9 N–H and O–H groups in total. The van der Waals surface area contributed by atoms with Gasteiger partial charge in [0.15, 0.2) is 0 Å². The van der Waals surface area contributed by atoms with Gasteiger partial charge < -0.3 is 37.1 Å². The molecule has 2 aromatic carbocycles. The van der Waals surface area contributed by atoms with Crippen molar-refractivity contribution in [2.24, 2.45) is 28.1 Å². The molecule has 4 rings (SSSR count). The van der Waals surface area contributed by atoms with Crippen LogP contribution in [0.1, 0.15) is 52.5 Å². The minimum atomic E-state index is -1.04. The summed E-state index contributed by atoms with van der Waals surface area (Å²) in [6, 6.07) is 14.5. The lowest BCUT2D eigenvalue weighted by atomic mass is 9.85. The Labute approximate surface area is 270 Å². The first-order chi connectivity index (χ1) is 21.6. The Kier molecular flexibility index (Phi) is 10.4. The molecule has 1 aliphatic carbocycles. The summed E-state index contributed by atoms with van der Waals surface area (Å²) in [6.07, 6.45) is 2.28. The van der Waals surface area contributed by atoms with Gasteiger partial charge in [0.05, 0.1) is 6.10 Å². The molecule has 1 saturated heterocycles. The van der Waals surface area contributed by atoms with Gasteiger partial charge in [0, 0.05) is 50.2 Å². The van der Waals surface area contributed by atoms with Crippen LogP contribution in [0.25, 0.3) is 11.1 Å². The first-order valence-electron chi connectivity index (χ1n) is 15.6. The molecule has 1 unspecified atom stereocenters. The van der Waals surface area contributed by atoms with Gasteiger partial charge in [0.1, 0.15) is 18.1 Å². The van der Waals surface area contributed by atoms with Crippen molar-refractivity contribution in [2.45, 2.75) is 77.6 Å². The van der Waals surface area contributed by atoms with E-state index in [2.05, 4.69) is 10.6 Å². The first-order valence-corrected chi connectivity index (χ1v) is 15.6. The highest BCUT2D eigenvalue weighted by Crippen LogP contribution is 2.49. The zero-order valence-corrected chi connectivity index (χ0v) is 27.0. The van der Waals surface area contributed by atoms with Crippen molar-refractivity contribution in [1.82, 2.24) is 20.5 Å². The van der Waals surface area contributed by atoms with Crippen LogP contribution in [-0.4, -0.2) is 76.0 Å². The van der Waals surface area contributed by atoms with E-state index in [9.17, 15) is 24.3 Å². The van der Waals surface area contributed by atoms with Crippen LogP contribution in [-0.2, 0) is 25.6 Å². The van der Waals surface area contributed by atoms with E-state index in [4.69, 9.17) is 17.3 Å². The predicted molar refractivity (Wildman–Crippen MR) is 175 cm³/mol. The van der Waals surface area contributed by atoms with E-state index >= 15 is 0 Å². The van der Waals surface area contributed by atoms with Crippen molar-refractivity contribution in [2.75, 3.05) is 13.1 Å². The van der Waals surface area contributed by atoms with Crippen LogP contribution in [0.5, 0.6) is 0 Å². The Morgan fingerprint density at radius 3 is 2.20 bits per heavy atom. The quantitative estimate of drug-likeness (QED) is 0.148. The number of nitrogens with zero attached hydrogens (tertiary/aromatic N) is 2. The van der Waals surface area contributed by atoms with Gasteiger partial charge in [-0.05, 0) is 34.9 Å². The lowest BCUT2D eigenvalue weighted by molar-refractivity contribution is -0.145. The summed E-state index contributed by atoms with van der Waals surface area (Å²) >= 11 is 0. The van der Waals surface area contributed by atoms with Crippen LogP contribution in [0.15, 0.2) is 66.5 Å². The molecule has 1 saturated carbocycles. The number of hydrogen-bond acceptors (Lipinski definition) is 8. The maximum Gasteiger partial charge on any atom is 0.248 e. The van der Waals surface area contributed by atoms with Crippen LogP contribution in [0.3, 0.4) is 0 Å². The van der Waals surface area contributed by atoms with E-state index in [1.54, 1.807) is 0 Å². The number of likely N-dealkylation sites (tertiary alicyclic amines) is 1. The number of hydrogen-bond donors (Lipinski definition) is 6. The van der Waals surface area contributed by atoms with Gasteiger partial charge in [0.2, 0.25) is 23.6 Å². The standard InChI is InChI=1S/C34H47N7O5/c1-21(42)38-20-34(14-15-34)28(35)19-41(37)29(33(2,3)4)32(46)40-18-25(43)17-27(40)31(45)39-26(30(36)44)16-22-10-12-24(13-11-22)23-8-6-5-7-9-23/h5-13,19,25-27,29,43H,14-18,20,35,37H2,1-4H3,(H2,36,44)(H,38,42)(H,39,45)/b28-19-/t25-,26-,27+,29?/m1/s1. The minimum Gasteiger partial charge on any atom is -0.400 e. The van der Waals surface area contributed by atoms with E-state index in [1.807, 2.05) is 75.4 Å². The third-order valence-electron chi connectivity index (χ3n) is 8.81. The van der Waals surface area contributed by atoms with Crippen molar-refractivity contribution in [3.63, 3.8) is 0 Å². The molecule has 2 fully saturated rings. The normalized spacial score (nSPS) is 20.4. The highest BCUT2D eigenvalue weighted by molar-refractivity contribution is 5.93. The summed E-state index contributed by atoms with van der Waals surface area (Å²) in [5, 5.41) is 17.4. The van der Waals surface area contributed by atoms with E-state index in [1.165, 1.54) is 23.0 Å². The first kappa shape index (κ1) is 34.5. The van der Waals surface area contributed by atoms with Gasteiger partial charge in [-0.2, -0.15) is 0 Å². The van der Waals surface area contributed by atoms with E-state index in [0.29, 0.717) is 12.2 Å². The topological polar surface area (TPSA) is 197 Å². The number of nitrogens with one attached hydrogen (secondary N) is 2. The summed E-state index contributed by atoms with van der Waals surface area (Å²) in [5.74, 6) is 4.55.